The predicted molar refractivity (Wildman–Crippen MR) is 269 cm³/mol. The molecule has 4 aromatic carbocycles. The van der Waals surface area contributed by atoms with Crippen molar-refractivity contribution in [1.82, 2.24) is 0 Å². The molecular weight excluding hydrogens is 913 g/mol. The second-order valence-electron chi connectivity index (χ2n) is 20.1. The van der Waals surface area contributed by atoms with Crippen LogP contribution in [0.4, 0.5) is 28.9 Å². The summed E-state index contributed by atoms with van der Waals surface area (Å²) in [5.41, 5.74) is -0.691. The van der Waals surface area contributed by atoms with Gasteiger partial charge in [-0.1, -0.05) is 0 Å². The van der Waals surface area contributed by atoms with Crippen LogP contribution in [-0.4, -0.2) is 50.3 Å². The van der Waals surface area contributed by atoms with Crippen LogP contribution in [0.15, 0.2) is 129 Å². The first-order chi connectivity index (χ1) is 32.9. The Labute approximate surface area is 411 Å². The standard InChI is InChI=1S/2C24H30F2NO2.2C5H5.Ti/c2*1-18(10-9-16-24(2,3)29-4)15-17-27(19-11-6-5-7-12-19)23(28)22-20(25)13-8-14-21(22)26;2*1-2-4-5-3-1;/h2*5-6,8,11-14,18H,9-10,15-17H2,1-4H3;2*1-3H,4H2;. The van der Waals surface area contributed by atoms with Gasteiger partial charge < -0.3 is 0 Å². The molecule has 0 N–H and O–H groups in total. The first-order valence-corrected chi connectivity index (χ1v) is 27.6. The molecule has 0 aliphatic heterocycles. The Morgan fingerprint density at radius 3 is 1.28 bits per heavy atom. The van der Waals surface area contributed by atoms with E-state index in [2.05, 4.69) is 90.1 Å². The van der Waals surface area contributed by atoms with Crippen molar-refractivity contribution in [3.05, 3.63) is 164 Å². The van der Waals surface area contributed by atoms with E-state index in [9.17, 15) is 9.59 Å². The third-order valence-corrected chi connectivity index (χ3v) is 22.1. The van der Waals surface area contributed by atoms with Crippen LogP contribution >= 0.6 is 0 Å². The van der Waals surface area contributed by atoms with Crippen LogP contribution in [0.1, 0.15) is 126 Å². The third-order valence-electron chi connectivity index (χ3n) is 14.3. The number of carbonyl (C=O) groups is 2. The SMILES string of the molecule is COC(C)(C)CCCC(C)CCN(C(=O)c1c(F)cccc1F)c1ccc[c]([Ti]([C]2=CC=CC2)([C]2=CC=CC2)[c]2cccc(N(CCC(C)CCCC(C)(C)OC)C(=O)c3c(F)cccc3F)c2)c1. The molecule has 2 aliphatic rings. The fourth-order valence-corrected chi connectivity index (χ4v) is 17.8. The van der Waals surface area contributed by atoms with Crippen LogP contribution in [-0.2, 0) is 26.1 Å². The summed E-state index contributed by atoms with van der Waals surface area (Å²) in [4.78, 5) is 32.3. The van der Waals surface area contributed by atoms with Gasteiger partial charge in [-0.25, -0.2) is 0 Å². The van der Waals surface area contributed by atoms with Gasteiger partial charge in [0.25, 0.3) is 0 Å². The fraction of sp³-hybridized carbons (Fsp3) is 0.414. The Hall–Kier alpha value is -4.87. The number of rotatable bonds is 24. The molecule has 0 saturated heterocycles. The first-order valence-electron chi connectivity index (χ1n) is 24.5. The van der Waals surface area contributed by atoms with Crippen molar-refractivity contribution in [2.75, 3.05) is 37.1 Å². The molecule has 6 nitrogen and oxygen atoms in total. The van der Waals surface area contributed by atoms with Crippen LogP contribution in [0.2, 0.25) is 0 Å². The number of hydrogen-bond donors (Lipinski definition) is 0. The number of nitrogens with zero attached hydrogens (tertiary/aromatic N) is 2. The summed E-state index contributed by atoms with van der Waals surface area (Å²) in [7, 11) is 3.42. The molecular formula is C58H70F4N2O4Ti. The molecule has 368 valence electrons. The molecule has 0 spiro atoms. The zero-order valence-electron chi connectivity index (χ0n) is 41.7. The Kier molecular flexibility index (Phi) is 18.5. The van der Waals surface area contributed by atoms with E-state index in [1.807, 2.05) is 36.4 Å². The summed E-state index contributed by atoms with van der Waals surface area (Å²) in [6.45, 7) is 12.9. The summed E-state index contributed by atoms with van der Waals surface area (Å²) >= 11 is -4.08. The average Bonchev–Trinajstić information content (AvgIpc) is 4.07. The molecule has 0 saturated carbocycles. The van der Waals surface area contributed by atoms with Gasteiger partial charge in [0.15, 0.2) is 0 Å². The van der Waals surface area contributed by atoms with Crippen molar-refractivity contribution < 1.29 is 53.2 Å². The van der Waals surface area contributed by atoms with Gasteiger partial charge in [0.2, 0.25) is 0 Å². The zero-order valence-corrected chi connectivity index (χ0v) is 43.3. The first kappa shape index (κ1) is 53.5. The summed E-state index contributed by atoms with van der Waals surface area (Å²) in [6, 6.07) is 22.7. The van der Waals surface area contributed by atoms with Crippen molar-refractivity contribution in [2.45, 2.75) is 117 Å². The molecule has 0 bridgehead atoms. The van der Waals surface area contributed by atoms with Gasteiger partial charge in [-0.15, -0.1) is 0 Å². The Morgan fingerprint density at radius 2 is 0.942 bits per heavy atom. The number of amides is 2. The van der Waals surface area contributed by atoms with E-state index in [1.165, 1.54) is 29.7 Å². The topological polar surface area (TPSA) is 59.1 Å². The summed E-state index contributed by atoms with van der Waals surface area (Å²) in [5, 5.41) is 0. The second-order valence-corrected chi connectivity index (χ2v) is 26.3. The van der Waals surface area contributed by atoms with Gasteiger partial charge in [0, 0.05) is 14.2 Å². The molecule has 2 aliphatic carbocycles. The number of halogens is 4. The van der Waals surface area contributed by atoms with E-state index < -0.39 is 62.8 Å². The maximum absolute atomic E-state index is 15.5. The molecule has 2 amide bonds. The minimum absolute atomic E-state index is 0.194. The van der Waals surface area contributed by atoms with Crippen LogP contribution in [0.3, 0.4) is 0 Å². The quantitative estimate of drug-likeness (QED) is 0.0518. The van der Waals surface area contributed by atoms with Gasteiger partial charge in [-0.3, -0.25) is 0 Å². The minimum atomic E-state index is -4.08. The molecule has 6 rings (SSSR count). The van der Waals surface area contributed by atoms with Crippen molar-refractivity contribution in [2.24, 2.45) is 11.8 Å². The van der Waals surface area contributed by atoms with E-state index in [-0.39, 0.29) is 36.1 Å². The monoisotopic (exact) mass is 982 g/mol. The molecule has 0 aromatic heterocycles. The number of ether oxygens (including phenoxy) is 2. The number of hydrogen-bond acceptors (Lipinski definition) is 4. The van der Waals surface area contributed by atoms with Gasteiger partial charge in [0.05, 0.1) is 0 Å². The maximum atomic E-state index is 15.5. The van der Waals surface area contributed by atoms with E-state index in [1.54, 1.807) is 14.2 Å². The summed E-state index contributed by atoms with van der Waals surface area (Å²) in [6.07, 6.45) is 20.6. The van der Waals surface area contributed by atoms with Crippen molar-refractivity contribution in [3.8, 4) is 0 Å². The molecule has 11 heteroatoms. The Morgan fingerprint density at radius 1 is 0.580 bits per heavy atom. The molecule has 2 atom stereocenters. The van der Waals surface area contributed by atoms with Crippen LogP contribution in [0, 0.1) is 35.1 Å². The molecule has 4 aromatic rings. The van der Waals surface area contributed by atoms with E-state index >= 15 is 17.6 Å². The molecule has 0 heterocycles. The molecule has 0 fully saturated rings. The third kappa shape index (κ3) is 12.9. The van der Waals surface area contributed by atoms with E-state index in [4.69, 9.17) is 9.47 Å². The Balaban J connectivity index is 1.46. The molecule has 0 radical (unpaired) electrons. The summed E-state index contributed by atoms with van der Waals surface area (Å²) in [5.74, 6) is -4.84. The number of methoxy groups -OCH3 is 2. The van der Waals surface area contributed by atoms with E-state index in [0.29, 0.717) is 37.1 Å². The summed E-state index contributed by atoms with van der Waals surface area (Å²) < 4.78 is 77.7. The van der Waals surface area contributed by atoms with Crippen LogP contribution in [0.5, 0.6) is 0 Å². The predicted octanol–water partition coefficient (Wildman–Crippen LogP) is 13.6. The number of anilines is 2. The Bertz CT molecular complexity index is 2350. The van der Waals surface area contributed by atoms with Crippen LogP contribution in [0.25, 0.3) is 0 Å². The van der Waals surface area contributed by atoms with Crippen LogP contribution < -0.4 is 17.5 Å². The average molecular weight is 983 g/mol. The van der Waals surface area contributed by atoms with E-state index in [0.717, 1.165) is 70.5 Å². The van der Waals surface area contributed by atoms with Gasteiger partial charge >= 0.3 is 399 Å². The number of allylic oxidation sites excluding steroid dienone is 8. The van der Waals surface area contributed by atoms with Crippen molar-refractivity contribution in [3.63, 3.8) is 0 Å². The normalized spacial score (nSPS) is 14.7. The van der Waals surface area contributed by atoms with Crippen molar-refractivity contribution in [1.29, 1.82) is 0 Å². The fourth-order valence-electron chi connectivity index (χ4n) is 9.69. The number of benzene rings is 4. The van der Waals surface area contributed by atoms with Gasteiger partial charge in [-0.2, -0.15) is 0 Å². The zero-order chi connectivity index (χ0) is 49.9. The molecule has 69 heavy (non-hydrogen) atoms. The molecule has 2 unspecified atom stereocenters. The number of carbonyl (C=O) groups excluding carboxylic acids is 2. The van der Waals surface area contributed by atoms with Gasteiger partial charge in [-0.05, 0) is 0 Å². The van der Waals surface area contributed by atoms with Crippen molar-refractivity contribution >= 4 is 30.9 Å². The second kappa shape index (κ2) is 23.8. The van der Waals surface area contributed by atoms with Gasteiger partial charge in [0.1, 0.15) is 0 Å².